The second-order valence-electron chi connectivity index (χ2n) is 9.73. The van der Waals surface area contributed by atoms with E-state index in [0.717, 1.165) is 6.92 Å². The summed E-state index contributed by atoms with van der Waals surface area (Å²) < 4.78 is 5.60. The summed E-state index contributed by atoms with van der Waals surface area (Å²) in [4.78, 5) is 56.0. The average molecular weight is 528 g/mol. The fourth-order valence-corrected chi connectivity index (χ4v) is 6.04. The number of benzene rings is 1. The number of primary amides is 1. The van der Waals surface area contributed by atoms with Gasteiger partial charge in [-0.05, 0) is 31.6 Å². The molecule has 3 aliphatic rings. The van der Waals surface area contributed by atoms with E-state index in [0.29, 0.717) is 5.56 Å². The van der Waals surface area contributed by atoms with Crippen LogP contribution in [-0.2, 0) is 23.9 Å². The SMILES string of the molecule is CC(=O)O[C@H]1[C@H]2C(=C(O)c3c(ccc(N=[N+]=N)c3O)[C@@H]2C)C(=O)[C@]2(O)C(O)=C(C(N)=O)C(=O)[C@@H](N(C)C)[C@H]12. The first-order chi connectivity index (χ1) is 17.7. The van der Waals surface area contributed by atoms with E-state index in [-0.39, 0.29) is 11.3 Å². The van der Waals surface area contributed by atoms with Crippen molar-refractivity contribution >= 4 is 34.9 Å². The average Bonchev–Trinajstić information content (AvgIpc) is 2.81. The number of nitrogens with two attached hydrogens (primary N) is 1. The Bertz CT molecular complexity index is 1420. The van der Waals surface area contributed by atoms with Gasteiger partial charge < -0.3 is 30.9 Å². The highest BCUT2D eigenvalue weighted by Gasteiger charge is 2.69. The van der Waals surface area contributed by atoms with Crippen molar-refractivity contribution in [1.29, 1.82) is 5.53 Å². The Balaban J connectivity index is 2.13. The predicted molar refractivity (Wildman–Crippen MR) is 127 cm³/mol. The third-order valence-electron chi connectivity index (χ3n) is 7.54. The summed E-state index contributed by atoms with van der Waals surface area (Å²) >= 11 is 0. The number of hydrogen-bond acceptors (Lipinski definition) is 12. The number of carbonyl (C=O) groups is 4. The minimum absolute atomic E-state index is 0.192. The lowest BCUT2D eigenvalue weighted by molar-refractivity contribution is -0.184. The lowest BCUT2D eigenvalue weighted by Gasteiger charge is -2.54. The quantitative estimate of drug-likeness (QED) is 0.135. The fraction of sp³-hybridized carbons (Fsp3) is 0.417. The number of aliphatic hydroxyl groups excluding tert-OH is 2. The molecule has 3 aliphatic carbocycles. The number of phenolic OH excluding ortho intramolecular Hbond substituents is 1. The normalized spacial score (nSPS) is 30.3. The predicted octanol–water partition coefficient (Wildman–Crippen LogP) is 0.248. The zero-order valence-corrected chi connectivity index (χ0v) is 20.8. The molecule has 6 atom stereocenters. The Labute approximate surface area is 215 Å². The molecule has 0 bridgehead atoms. The summed E-state index contributed by atoms with van der Waals surface area (Å²) in [6, 6.07) is 1.37. The summed E-state index contributed by atoms with van der Waals surface area (Å²) in [5.74, 6) is -10.7. The molecule has 0 aromatic heterocycles. The number of rotatable bonds is 4. The lowest BCUT2D eigenvalue weighted by Crippen LogP contribution is -2.71. The number of aliphatic hydroxyl groups is 3. The first-order valence-electron chi connectivity index (χ1n) is 11.5. The molecule has 0 heterocycles. The van der Waals surface area contributed by atoms with Crippen LogP contribution in [0.1, 0.15) is 30.9 Å². The maximum atomic E-state index is 14.1. The fourth-order valence-electron chi connectivity index (χ4n) is 6.04. The topological polar surface area (TPSA) is 238 Å². The molecular weight excluding hydrogens is 502 g/mol. The number of Topliss-reactive ketones (excluding diaryl/α,β-unsaturated/α-hetero) is 2. The molecule has 14 heteroatoms. The lowest BCUT2D eigenvalue weighted by atomic mass is 9.54. The van der Waals surface area contributed by atoms with E-state index in [1.165, 1.54) is 31.1 Å². The van der Waals surface area contributed by atoms with E-state index in [9.17, 15) is 39.6 Å². The summed E-state index contributed by atoms with van der Waals surface area (Å²) in [6.45, 7) is 2.69. The zero-order chi connectivity index (χ0) is 28.4. The largest absolute Gasteiger partial charge is 0.508 e. The van der Waals surface area contributed by atoms with Gasteiger partial charge in [-0.1, -0.05) is 13.0 Å². The van der Waals surface area contributed by atoms with Crippen LogP contribution in [-0.4, -0.2) is 80.6 Å². The molecule has 0 radical (unpaired) electrons. The van der Waals surface area contributed by atoms with Gasteiger partial charge in [-0.3, -0.25) is 24.1 Å². The van der Waals surface area contributed by atoms with Crippen molar-refractivity contribution < 1.29 is 44.3 Å². The van der Waals surface area contributed by atoms with Gasteiger partial charge in [-0.2, -0.15) is 0 Å². The van der Waals surface area contributed by atoms with Gasteiger partial charge in [0.25, 0.3) is 5.91 Å². The molecule has 38 heavy (non-hydrogen) atoms. The van der Waals surface area contributed by atoms with Crippen molar-refractivity contribution in [3.63, 3.8) is 0 Å². The van der Waals surface area contributed by atoms with Crippen LogP contribution in [0.5, 0.6) is 5.75 Å². The highest BCUT2D eigenvalue weighted by atomic mass is 16.5. The van der Waals surface area contributed by atoms with Gasteiger partial charge in [0, 0.05) is 18.4 Å². The summed E-state index contributed by atoms with van der Waals surface area (Å²) in [7, 11) is 2.87. The second-order valence-corrected chi connectivity index (χ2v) is 9.73. The molecule has 1 fully saturated rings. The van der Waals surface area contributed by atoms with E-state index >= 15 is 0 Å². The standard InChI is InChI=1S/C24H25N5O9/c1-7-9-5-6-10(27-28-26)17(31)12(9)18(32)13-11(7)20(38-8(2)30)15-16(29(3)4)19(33)14(23(25)36)22(35)24(15,37)21(13)34/h5-7,11,15-16,20,26,37H,1-4H3,(H4,25,32,33,34,35,36)/p+1/t7-,11+,15+,16-,20-,24-/m0/s1. The highest BCUT2D eigenvalue weighted by molar-refractivity contribution is 6.24. The molecular formula is C24H26N5O9+. The number of amides is 1. The Hall–Kier alpha value is -4.39. The third kappa shape index (κ3) is 3.38. The number of esters is 1. The smallest absolute Gasteiger partial charge is 0.302 e. The number of fused-ring (bicyclic) bond motifs is 3. The van der Waals surface area contributed by atoms with Gasteiger partial charge in [-0.25, -0.2) is 0 Å². The van der Waals surface area contributed by atoms with E-state index in [4.69, 9.17) is 16.0 Å². The molecule has 1 amide bonds. The van der Waals surface area contributed by atoms with E-state index in [2.05, 4.69) is 10.0 Å². The number of likely N-dealkylation sites (N-methyl/N-ethyl adjacent to an activating group) is 1. The van der Waals surface area contributed by atoms with Gasteiger partial charge >= 0.3 is 5.97 Å². The minimum atomic E-state index is -3.02. The number of nitrogens with zero attached hydrogens (tertiary/aromatic N) is 3. The number of ether oxygens (including phenoxy) is 1. The van der Waals surface area contributed by atoms with Crippen molar-refractivity contribution in [1.82, 2.24) is 9.81 Å². The highest BCUT2D eigenvalue weighted by Crippen LogP contribution is 2.57. The molecule has 0 unspecified atom stereocenters. The maximum absolute atomic E-state index is 14.1. The number of nitrogens with one attached hydrogen (secondary N) is 1. The third-order valence-corrected chi connectivity index (χ3v) is 7.54. The van der Waals surface area contributed by atoms with Crippen LogP contribution in [0.15, 0.2) is 34.2 Å². The van der Waals surface area contributed by atoms with Crippen LogP contribution in [0.4, 0.5) is 5.69 Å². The second kappa shape index (κ2) is 8.87. The van der Waals surface area contributed by atoms with Gasteiger partial charge in [0.05, 0.1) is 17.5 Å². The van der Waals surface area contributed by atoms with Gasteiger partial charge in [0.2, 0.25) is 10.7 Å². The Morgan fingerprint density at radius 3 is 2.37 bits per heavy atom. The zero-order valence-electron chi connectivity index (χ0n) is 20.8. The first-order valence-corrected chi connectivity index (χ1v) is 11.5. The van der Waals surface area contributed by atoms with Gasteiger partial charge in [-0.15, -0.1) is 0 Å². The molecule has 14 nitrogen and oxygen atoms in total. The van der Waals surface area contributed by atoms with E-state index < -0.39 is 87.4 Å². The van der Waals surface area contributed by atoms with E-state index in [1.807, 2.05) is 0 Å². The summed E-state index contributed by atoms with van der Waals surface area (Å²) in [5, 5.41) is 48.5. The van der Waals surface area contributed by atoms with E-state index in [1.54, 1.807) is 6.92 Å². The number of carbonyl (C=O) groups excluding carboxylic acids is 4. The van der Waals surface area contributed by atoms with Crippen LogP contribution in [0.2, 0.25) is 0 Å². The van der Waals surface area contributed by atoms with Crippen molar-refractivity contribution in [3.05, 3.63) is 40.2 Å². The van der Waals surface area contributed by atoms with Crippen LogP contribution in [0, 0.1) is 17.4 Å². The van der Waals surface area contributed by atoms with Crippen molar-refractivity contribution in [2.45, 2.75) is 37.5 Å². The molecule has 4 rings (SSSR count). The number of aromatic hydroxyl groups is 1. The number of hydrogen-bond donors (Lipinski definition) is 6. The van der Waals surface area contributed by atoms with Crippen molar-refractivity contribution in [2.24, 2.45) is 22.7 Å². The molecule has 200 valence electrons. The Kier molecular flexibility index (Phi) is 6.22. The molecule has 0 spiro atoms. The molecule has 0 saturated heterocycles. The molecule has 1 aromatic rings. The van der Waals surface area contributed by atoms with Crippen LogP contribution >= 0.6 is 0 Å². The van der Waals surface area contributed by atoms with Crippen LogP contribution in [0.3, 0.4) is 0 Å². The molecule has 1 aromatic carbocycles. The van der Waals surface area contributed by atoms with Crippen LogP contribution in [0.25, 0.3) is 5.76 Å². The number of ketones is 2. The van der Waals surface area contributed by atoms with Crippen molar-refractivity contribution in [3.8, 4) is 5.75 Å². The van der Waals surface area contributed by atoms with Gasteiger partial charge in [0.1, 0.15) is 28.7 Å². The minimum Gasteiger partial charge on any atom is -0.508 e. The molecule has 0 aliphatic heterocycles. The Morgan fingerprint density at radius 2 is 1.84 bits per heavy atom. The number of phenols is 1. The summed E-state index contributed by atoms with van der Waals surface area (Å²) in [6.07, 6.45) is -1.47. The maximum Gasteiger partial charge on any atom is 0.302 e. The summed E-state index contributed by atoms with van der Waals surface area (Å²) in [5.41, 5.74) is 7.64. The van der Waals surface area contributed by atoms with Crippen LogP contribution < -0.4 is 10.6 Å². The monoisotopic (exact) mass is 528 g/mol. The first kappa shape index (κ1) is 26.7. The van der Waals surface area contributed by atoms with Crippen molar-refractivity contribution in [2.75, 3.05) is 14.1 Å². The van der Waals surface area contributed by atoms with Gasteiger partial charge in [0.15, 0.2) is 27.9 Å². The molecule has 7 N–H and O–H groups in total. The Morgan fingerprint density at radius 1 is 1.21 bits per heavy atom. The molecule has 1 saturated carbocycles.